The van der Waals surface area contributed by atoms with Gasteiger partial charge in [0.15, 0.2) is 0 Å². The number of hydrogen-bond donors (Lipinski definition) is 1. The monoisotopic (exact) mass is 523 g/mol. The number of rotatable bonds is 10. The van der Waals surface area contributed by atoms with Gasteiger partial charge in [-0.3, -0.25) is 13.9 Å². The molecule has 0 aliphatic rings. The number of benzene rings is 2. The molecule has 0 radical (unpaired) electrons. The van der Waals surface area contributed by atoms with Crippen LogP contribution in [0.2, 0.25) is 0 Å². The van der Waals surface area contributed by atoms with Gasteiger partial charge in [-0.15, -0.1) is 0 Å². The summed E-state index contributed by atoms with van der Waals surface area (Å²) >= 11 is 3.43. The average Bonchev–Trinajstić information content (AvgIpc) is 2.74. The van der Waals surface area contributed by atoms with Gasteiger partial charge in [0.2, 0.25) is 21.8 Å². The second-order valence-corrected chi connectivity index (χ2v) is 10.5. The molecule has 174 valence electrons. The summed E-state index contributed by atoms with van der Waals surface area (Å²) in [5.41, 5.74) is 2.34. The summed E-state index contributed by atoms with van der Waals surface area (Å²) < 4.78 is 27.0. The predicted octanol–water partition coefficient (Wildman–Crippen LogP) is 3.47. The maximum absolute atomic E-state index is 13.1. The molecule has 2 aromatic carbocycles. The Morgan fingerprint density at radius 2 is 1.81 bits per heavy atom. The molecule has 0 aromatic heterocycles. The number of nitrogens with one attached hydrogen (secondary N) is 1. The van der Waals surface area contributed by atoms with Crippen LogP contribution in [0.25, 0.3) is 0 Å². The van der Waals surface area contributed by atoms with Crippen molar-refractivity contribution >= 4 is 43.5 Å². The molecule has 1 N–H and O–H groups in total. The van der Waals surface area contributed by atoms with Gasteiger partial charge in [0.1, 0.15) is 6.04 Å². The molecule has 1 atom stereocenters. The van der Waals surface area contributed by atoms with E-state index in [9.17, 15) is 18.0 Å². The van der Waals surface area contributed by atoms with E-state index in [1.807, 2.05) is 43.3 Å². The van der Waals surface area contributed by atoms with E-state index in [2.05, 4.69) is 21.2 Å². The number of nitrogens with zero attached hydrogens (tertiary/aromatic N) is 2. The van der Waals surface area contributed by atoms with E-state index in [-0.39, 0.29) is 31.3 Å². The minimum Gasteiger partial charge on any atom is -0.357 e. The fourth-order valence-electron chi connectivity index (χ4n) is 3.45. The van der Waals surface area contributed by atoms with E-state index in [1.165, 1.54) is 16.3 Å². The lowest BCUT2D eigenvalue weighted by molar-refractivity contribution is -0.140. The number of para-hydroxylation sites is 1. The molecule has 0 fully saturated rings. The molecule has 0 saturated heterocycles. The lowest BCUT2D eigenvalue weighted by atomic mass is 10.1. The van der Waals surface area contributed by atoms with Crippen LogP contribution in [-0.2, 0) is 26.2 Å². The normalized spacial score (nSPS) is 12.2. The minimum atomic E-state index is -3.51. The van der Waals surface area contributed by atoms with Gasteiger partial charge in [-0.2, -0.15) is 0 Å². The molecule has 0 spiro atoms. The van der Waals surface area contributed by atoms with Crippen LogP contribution in [0.5, 0.6) is 0 Å². The Morgan fingerprint density at radius 1 is 1.12 bits per heavy atom. The third kappa shape index (κ3) is 7.06. The third-order valence-corrected chi connectivity index (χ3v) is 6.87. The van der Waals surface area contributed by atoms with Gasteiger partial charge in [-0.1, -0.05) is 46.3 Å². The summed E-state index contributed by atoms with van der Waals surface area (Å²) in [6.07, 6.45) is 1.61. The Hall–Kier alpha value is -2.39. The van der Waals surface area contributed by atoms with E-state index >= 15 is 0 Å². The lowest BCUT2D eigenvalue weighted by Crippen LogP contribution is -2.46. The maximum atomic E-state index is 13.1. The highest BCUT2D eigenvalue weighted by molar-refractivity contribution is 9.10. The van der Waals surface area contributed by atoms with Crippen LogP contribution < -0.4 is 9.62 Å². The zero-order chi connectivity index (χ0) is 23.9. The van der Waals surface area contributed by atoms with E-state index < -0.39 is 16.1 Å². The number of halogens is 1. The SMILES string of the molecule is CNC(=O)[C@H](C)N(Cc1cccc(Br)c1)C(=O)CCCN(c1ccccc1C)S(C)(=O)=O. The zero-order valence-corrected chi connectivity index (χ0v) is 21.2. The van der Waals surface area contributed by atoms with Gasteiger partial charge in [-0.25, -0.2) is 8.42 Å². The molecular formula is C23H30BrN3O4S. The smallest absolute Gasteiger partial charge is 0.242 e. The van der Waals surface area contributed by atoms with Crippen LogP contribution in [0.4, 0.5) is 5.69 Å². The van der Waals surface area contributed by atoms with E-state index in [0.717, 1.165) is 21.9 Å². The summed E-state index contributed by atoms with van der Waals surface area (Å²) in [4.78, 5) is 26.9. The molecule has 7 nitrogen and oxygen atoms in total. The van der Waals surface area contributed by atoms with Crippen molar-refractivity contribution in [3.05, 3.63) is 64.1 Å². The molecule has 0 bridgehead atoms. The molecule has 32 heavy (non-hydrogen) atoms. The number of likely N-dealkylation sites (N-methyl/N-ethyl adjacent to an activating group) is 1. The average molecular weight is 524 g/mol. The van der Waals surface area contributed by atoms with Crippen LogP contribution in [-0.4, -0.2) is 51.0 Å². The lowest BCUT2D eigenvalue weighted by Gasteiger charge is -2.29. The van der Waals surface area contributed by atoms with Crippen molar-refractivity contribution in [2.24, 2.45) is 0 Å². The first-order chi connectivity index (χ1) is 15.0. The number of anilines is 1. The first kappa shape index (κ1) is 25.9. The van der Waals surface area contributed by atoms with Gasteiger partial charge in [0.05, 0.1) is 11.9 Å². The third-order valence-electron chi connectivity index (χ3n) is 5.19. The van der Waals surface area contributed by atoms with Crippen molar-refractivity contribution in [1.82, 2.24) is 10.2 Å². The van der Waals surface area contributed by atoms with E-state index in [0.29, 0.717) is 12.1 Å². The minimum absolute atomic E-state index is 0.118. The van der Waals surface area contributed by atoms with Crippen molar-refractivity contribution in [2.45, 2.75) is 39.3 Å². The Balaban J connectivity index is 2.15. The fraction of sp³-hybridized carbons (Fsp3) is 0.391. The number of hydrogen-bond acceptors (Lipinski definition) is 4. The Kier molecular flexibility index (Phi) is 9.27. The highest BCUT2D eigenvalue weighted by atomic mass is 79.9. The van der Waals surface area contributed by atoms with Crippen LogP contribution in [0, 0.1) is 6.92 Å². The van der Waals surface area contributed by atoms with E-state index in [4.69, 9.17) is 0 Å². The van der Waals surface area contributed by atoms with Gasteiger partial charge >= 0.3 is 0 Å². The van der Waals surface area contributed by atoms with Crippen LogP contribution in [0.3, 0.4) is 0 Å². The van der Waals surface area contributed by atoms with Gasteiger partial charge < -0.3 is 10.2 Å². The molecule has 2 amide bonds. The standard InChI is InChI=1S/C23H30BrN3O4S/c1-17-9-5-6-12-21(17)27(32(4,30)31)14-8-13-22(28)26(18(2)23(29)25-3)16-19-10-7-11-20(24)15-19/h5-7,9-12,15,18H,8,13-14,16H2,1-4H3,(H,25,29)/t18-/m0/s1. The molecule has 0 saturated carbocycles. The molecule has 0 heterocycles. The highest BCUT2D eigenvalue weighted by Gasteiger charge is 2.26. The molecule has 0 aliphatic carbocycles. The largest absolute Gasteiger partial charge is 0.357 e. The van der Waals surface area contributed by atoms with Crippen molar-refractivity contribution in [2.75, 3.05) is 24.2 Å². The Morgan fingerprint density at radius 3 is 2.41 bits per heavy atom. The molecular weight excluding hydrogens is 494 g/mol. The van der Waals surface area contributed by atoms with Crippen molar-refractivity contribution in [3.8, 4) is 0 Å². The van der Waals surface area contributed by atoms with Crippen molar-refractivity contribution in [3.63, 3.8) is 0 Å². The number of sulfonamides is 1. The zero-order valence-electron chi connectivity index (χ0n) is 18.8. The number of aryl methyl sites for hydroxylation is 1. The second-order valence-electron chi connectivity index (χ2n) is 7.67. The molecule has 2 rings (SSSR count). The number of amides is 2. The van der Waals surface area contributed by atoms with Crippen molar-refractivity contribution < 1.29 is 18.0 Å². The molecule has 0 unspecified atom stereocenters. The van der Waals surface area contributed by atoms with Crippen molar-refractivity contribution in [1.29, 1.82) is 0 Å². The van der Waals surface area contributed by atoms with Crippen LogP contribution in [0.1, 0.15) is 30.9 Å². The maximum Gasteiger partial charge on any atom is 0.242 e. The Bertz CT molecular complexity index is 1060. The quantitative estimate of drug-likeness (QED) is 0.516. The molecule has 0 aliphatic heterocycles. The van der Waals surface area contributed by atoms with Gasteiger partial charge in [0, 0.05) is 31.0 Å². The van der Waals surface area contributed by atoms with Gasteiger partial charge in [-0.05, 0) is 49.6 Å². The molecule has 9 heteroatoms. The summed E-state index contributed by atoms with van der Waals surface area (Å²) in [5.74, 6) is -0.467. The number of carbonyl (C=O) groups is 2. The summed E-state index contributed by atoms with van der Waals surface area (Å²) in [6, 6.07) is 14.1. The summed E-state index contributed by atoms with van der Waals surface area (Å²) in [6.45, 7) is 3.99. The Labute approximate surface area is 199 Å². The predicted molar refractivity (Wildman–Crippen MR) is 131 cm³/mol. The summed E-state index contributed by atoms with van der Waals surface area (Å²) in [7, 11) is -1.97. The topological polar surface area (TPSA) is 86.8 Å². The fourth-order valence-corrected chi connectivity index (χ4v) is 4.92. The van der Waals surface area contributed by atoms with Crippen LogP contribution >= 0.6 is 15.9 Å². The van der Waals surface area contributed by atoms with Crippen LogP contribution in [0.15, 0.2) is 53.0 Å². The molecule has 2 aromatic rings. The second kappa shape index (κ2) is 11.5. The number of carbonyl (C=O) groups excluding carboxylic acids is 2. The van der Waals surface area contributed by atoms with Gasteiger partial charge in [0.25, 0.3) is 0 Å². The highest BCUT2D eigenvalue weighted by Crippen LogP contribution is 2.23. The van der Waals surface area contributed by atoms with E-state index in [1.54, 1.807) is 19.1 Å². The first-order valence-corrected chi connectivity index (χ1v) is 13.0. The first-order valence-electron chi connectivity index (χ1n) is 10.3. The summed E-state index contributed by atoms with van der Waals surface area (Å²) in [5, 5.41) is 2.59.